The van der Waals surface area contributed by atoms with Crippen molar-refractivity contribution < 1.29 is 4.74 Å². The topological polar surface area (TPSA) is 33.5 Å². The minimum Gasteiger partial charge on any atom is -0.457 e. The summed E-state index contributed by atoms with van der Waals surface area (Å²) in [5.41, 5.74) is 13.0. The SMILES string of the molecule is CC(C)(C)c1cc(Oc2ccc3c4ccccc4n(-c4cc(C(C)(C)C)ccn4)c3c2)cc(N2CN(c3ccc(-c4ccccc4)c(C(C)(C)C)c3)c3ccccc32)c1. The molecule has 3 heterocycles. The van der Waals surface area contributed by atoms with Crippen LogP contribution in [0.5, 0.6) is 11.5 Å². The van der Waals surface area contributed by atoms with Crippen molar-refractivity contribution in [1.82, 2.24) is 9.55 Å². The van der Waals surface area contributed by atoms with Gasteiger partial charge in [-0.1, -0.05) is 129 Å². The van der Waals surface area contributed by atoms with Crippen LogP contribution in [0.2, 0.25) is 0 Å². The maximum atomic E-state index is 6.92. The second-order valence-electron chi connectivity index (χ2n) is 19.1. The average Bonchev–Trinajstić information content (AvgIpc) is 3.76. The fourth-order valence-corrected chi connectivity index (χ4v) is 8.48. The molecule has 5 heteroatoms. The molecule has 0 N–H and O–H groups in total. The van der Waals surface area contributed by atoms with Gasteiger partial charge in [-0.05, 0) is 111 Å². The number of aromatic nitrogens is 2. The lowest BCUT2D eigenvalue weighted by molar-refractivity contribution is 0.479. The number of hydrogen-bond acceptors (Lipinski definition) is 4. The zero-order chi connectivity index (χ0) is 41.3. The maximum Gasteiger partial charge on any atom is 0.137 e. The zero-order valence-corrected chi connectivity index (χ0v) is 35.8. The average molecular weight is 775 g/mol. The smallest absolute Gasteiger partial charge is 0.137 e. The van der Waals surface area contributed by atoms with Gasteiger partial charge in [-0.2, -0.15) is 0 Å². The van der Waals surface area contributed by atoms with E-state index in [1.54, 1.807) is 0 Å². The van der Waals surface area contributed by atoms with Crippen LogP contribution in [0, 0.1) is 0 Å². The number of pyridine rings is 1. The third-order valence-corrected chi connectivity index (χ3v) is 11.7. The second-order valence-corrected chi connectivity index (χ2v) is 19.1. The summed E-state index contributed by atoms with van der Waals surface area (Å²) >= 11 is 0. The second kappa shape index (κ2) is 14.2. The maximum absolute atomic E-state index is 6.92. The molecule has 0 fully saturated rings. The van der Waals surface area contributed by atoms with Crippen LogP contribution in [0.3, 0.4) is 0 Å². The molecule has 1 aliphatic heterocycles. The first kappa shape index (κ1) is 38.2. The van der Waals surface area contributed by atoms with E-state index in [1.165, 1.54) is 55.7 Å². The summed E-state index contributed by atoms with van der Waals surface area (Å²) < 4.78 is 9.20. The molecule has 0 saturated carbocycles. The predicted molar refractivity (Wildman–Crippen MR) is 249 cm³/mol. The minimum absolute atomic E-state index is 0.00422. The molecule has 0 radical (unpaired) electrons. The van der Waals surface area contributed by atoms with Gasteiger partial charge < -0.3 is 14.5 Å². The van der Waals surface area contributed by atoms with Crippen LogP contribution in [0.15, 0.2) is 152 Å². The fraction of sp³-hybridized carbons (Fsp3) is 0.241. The first-order valence-corrected chi connectivity index (χ1v) is 20.8. The molecule has 9 rings (SSSR count). The number of hydrogen-bond donors (Lipinski definition) is 0. The Labute approximate surface area is 349 Å². The number of rotatable bonds is 6. The lowest BCUT2D eigenvalue weighted by Gasteiger charge is -2.28. The Bertz CT molecular complexity index is 2850. The third kappa shape index (κ3) is 7.13. The summed E-state index contributed by atoms with van der Waals surface area (Å²) in [6.45, 7) is 21.1. The normalized spacial score (nSPS) is 13.4. The highest BCUT2D eigenvalue weighted by Crippen LogP contribution is 2.47. The Kier molecular flexibility index (Phi) is 9.19. The van der Waals surface area contributed by atoms with Crippen molar-refractivity contribution in [3.05, 3.63) is 168 Å². The highest BCUT2D eigenvalue weighted by atomic mass is 16.5. The van der Waals surface area contributed by atoms with Gasteiger partial charge in [-0.3, -0.25) is 4.57 Å². The molecule has 296 valence electrons. The lowest BCUT2D eigenvalue weighted by atomic mass is 9.81. The van der Waals surface area contributed by atoms with Crippen molar-refractivity contribution in [3.8, 4) is 28.4 Å². The summed E-state index contributed by atoms with van der Waals surface area (Å²) in [6, 6.07) is 52.6. The first-order valence-electron chi connectivity index (χ1n) is 20.8. The summed E-state index contributed by atoms with van der Waals surface area (Å²) in [7, 11) is 0. The van der Waals surface area contributed by atoms with E-state index in [-0.39, 0.29) is 16.2 Å². The number of benzene rings is 6. The largest absolute Gasteiger partial charge is 0.457 e. The van der Waals surface area contributed by atoms with E-state index in [0.29, 0.717) is 6.67 Å². The number of anilines is 4. The Morgan fingerprint density at radius 3 is 1.86 bits per heavy atom. The standard InChI is InChI=1S/C54H54N4O/c1-52(2,3)37-27-28-55-51(31-37)58-47-20-14-13-19-44(47)45-26-24-41(34-50(45)58)59-42-30-38(53(4,5)6)29-40(32-42)57-35-56(48-21-15-16-22-49(48)57)39-23-25-43(36-17-11-10-12-18-36)46(33-39)54(7,8)9/h10-34H,35H2,1-9H3. The van der Waals surface area contributed by atoms with Crippen molar-refractivity contribution in [2.45, 2.75) is 78.6 Å². The summed E-state index contributed by atoms with van der Waals surface area (Å²) in [5, 5.41) is 2.36. The minimum atomic E-state index is -0.109. The Balaban J connectivity index is 1.12. The molecule has 5 nitrogen and oxygen atoms in total. The molecule has 0 saturated heterocycles. The molecule has 6 aromatic carbocycles. The van der Waals surface area contributed by atoms with Crippen LogP contribution < -0.4 is 14.5 Å². The lowest BCUT2D eigenvalue weighted by Crippen LogP contribution is -2.25. The molecule has 0 bridgehead atoms. The van der Waals surface area contributed by atoms with E-state index in [0.717, 1.165) is 34.0 Å². The van der Waals surface area contributed by atoms with Crippen LogP contribution in [0.1, 0.15) is 79.0 Å². The van der Waals surface area contributed by atoms with Gasteiger partial charge in [-0.25, -0.2) is 4.98 Å². The molecule has 0 aliphatic carbocycles. The Morgan fingerprint density at radius 2 is 1.15 bits per heavy atom. The van der Waals surface area contributed by atoms with E-state index in [1.807, 2.05) is 6.20 Å². The van der Waals surface area contributed by atoms with Crippen LogP contribution in [0.4, 0.5) is 22.7 Å². The number of para-hydroxylation sites is 3. The summed E-state index contributed by atoms with van der Waals surface area (Å²) in [5.74, 6) is 2.49. The van der Waals surface area contributed by atoms with Crippen molar-refractivity contribution >= 4 is 44.6 Å². The van der Waals surface area contributed by atoms with Crippen molar-refractivity contribution in [2.24, 2.45) is 0 Å². The van der Waals surface area contributed by atoms with Gasteiger partial charge in [0.25, 0.3) is 0 Å². The van der Waals surface area contributed by atoms with E-state index < -0.39 is 0 Å². The van der Waals surface area contributed by atoms with Gasteiger partial charge in [0.05, 0.1) is 22.4 Å². The van der Waals surface area contributed by atoms with Crippen LogP contribution in [-0.4, -0.2) is 16.2 Å². The molecular weight excluding hydrogens is 721 g/mol. The van der Waals surface area contributed by atoms with E-state index in [9.17, 15) is 0 Å². The highest BCUT2D eigenvalue weighted by molar-refractivity contribution is 6.09. The van der Waals surface area contributed by atoms with Gasteiger partial charge >= 0.3 is 0 Å². The molecule has 59 heavy (non-hydrogen) atoms. The molecule has 2 aromatic heterocycles. The molecule has 8 aromatic rings. The van der Waals surface area contributed by atoms with Gasteiger partial charge in [0.1, 0.15) is 24.0 Å². The highest BCUT2D eigenvalue weighted by Gasteiger charge is 2.31. The van der Waals surface area contributed by atoms with Crippen LogP contribution >= 0.6 is 0 Å². The van der Waals surface area contributed by atoms with Gasteiger partial charge in [0, 0.05) is 40.5 Å². The molecule has 0 unspecified atom stereocenters. The monoisotopic (exact) mass is 774 g/mol. The van der Waals surface area contributed by atoms with E-state index in [4.69, 9.17) is 9.72 Å². The van der Waals surface area contributed by atoms with Gasteiger partial charge in [0.2, 0.25) is 0 Å². The number of nitrogens with zero attached hydrogens (tertiary/aromatic N) is 4. The molecule has 0 atom stereocenters. The van der Waals surface area contributed by atoms with Gasteiger partial charge in [-0.15, -0.1) is 0 Å². The molecular formula is C54H54N4O. The number of ether oxygens (including phenoxy) is 1. The van der Waals surface area contributed by atoms with E-state index in [2.05, 4.69) is 222 Å². The van der Waals surface area contributed by atoms with Crippen molar-refractivity contribution in [1.29, 1.82) is 0 Å². The molecule has 1 aliphatic rings. The van der Waals surface area contributed by atoms with Gasteiger partial charge in [0.15, 0.2) is 0 Å². The first-order chi connectivity index (χ1) is 28.1. The Morgan fingerprint density at radius 1 is 0.492 bits per heavy atom. The molecule has 0 spiro atoms. The van der Waals surface area contributed by atoms with Crippen molar-refractivity contribution in [3.63, 3.8) is 0 Å². The number of fused-ring (bicyclic) bond motifs is 4. The fourth-order valence-electron chi connectivity index (χ4n) is 8.48. The van der Waals surface area contributed by atoms with Crippen molar-refractivity contribution in [2.75, 3.05) is 16.5 Å². The predicted octanol–water partition coefficient (Wildman–Crippen LogP) is 14.8. The van der Waals surface area contributed by atoms with E-state index >= 15 is 0 Å². The Hall–Kier alpha value is -6.33. The quantitative estimate of drug-likeness (QED) is 0.168. The van der Waals surface area contributed by atoms with Crippen LogP contribution in [0.25, 0.3) is 38.8 Å². The summed E-state index contributed by atoms with van der Waals surface area (Å²) in [6.07, 6.45) is 1.93. The van der Waals surface area contributed by atoms with Crippen LogP contribution in [-0.2, 0) is 16.2 Å². The zero-order valence-electron chi connectivity index (χ0n) is 35.8. The third-order valence-electron chi connectivity index (χ3n) is 11.7. The summed E-state index contributed by atoms with van der Waals surface area (Å²) in [4.78, 5) is 9.77. The molecule has 0 amide bonds.